The number of aromatic nitrogens is 1. The fraction of sp³-hybridized carbons (Fsp3) is 0.545. The van der Waals surface area contributed by atoms with Crippen LogP contribution >= 0.6 is 31.9 Å². The lowest BCUT2D eigenvalue weighted by Crippen LogP contribution is -2.38. The molecule has 0 atom stereocenters. The fourth-order valence-corrected chi connectivity index (χ4v) is 3.12. The van der Waals surface area contributed by atoms with Gasteiger partial charge in [0.15, 0.2) is 0 Å². The zero-order chi connectivity index (χ0) is 10.9. The summed E-state index contributed by atoms with van der Waals surface area (Å²) in [6.07, 6.45) is 5.60. The third kappa shape index (κ3) is 2.21. The average Bonchev–Trinajstić information content (AvgIpc) is 2.18. The van der Waals surface area contributed by atoms with Crippen LogP contribution in [0, 0.1) is 5.41 Å². The molecule has 0 radical (unpaired) electrons. The molecule has 0 amide bonds. The molecule has 0 spiro atoms. The minimum atomic E-state index is 0.0738. The quantitative estimate of drug-likeness (QED) is 0.778. The van der Waals surface area contributed by atoms with Gasteiger partial charge in [-0.2, -0.15) is 0 Å². The van der Waals surface area contributed by atoms with Crippen molar-refractivity contribution in [2.45, 2.75) is 25.8 Å². The Morgan fingerprint density at radius 3 is 2.73 bits per heavy atom. The lowest BCUT2D eigenvalue weighted by molar-refractivity contribution is 0.138. The highest BCUT2D eigenvalue weighted by molar-refractivity contribution is 9.10. The maximum Gasteiger partial charge on any atom is 0.264 e. The van der Waals surface area contributed by atoms with E-state index in [1.54, 1.807) is 6.07 Å². The second-order valence-corrected chi connectivity index (χ2v) is 5.69. The van der Waals surface area contributed by atoms with Gasteiger partial charge in [-0.25, -0.2) is 0 Å². The number of pyridine rings is 1. The van der Waals surface area contributed by atoms with Crippen LogP contribution < -0.4 is 5.56 Å². The second-order valence-electron chi connectivity index (χ2n) is 4.28. The fourth-order valence-electron chi connectivity index (χ4n) is 2.00. The van der Waals surface area contributed by atoms with E-state index in [2.05, 4.69) is 31.9 Å². The van der Waals surface area contributed by atoms with Gasteiger partial charge in [-0.1, -0.05) is 22.4 Å². The molecule has 1 aromatic heterocycles. The second kappa shape index (κ2) is 4.42. The minimum absolute atomic E-state index is 0.0738. The van der Waals surface area contributed by atoms with Gasteiger partial charge in [0.1, 0.15) is 0 Å². The predicted molar refractivity (Wildman–Crippen MR) is 68.5 cm³/mol. The van der Waals surface area contributed by atoms with Gasteiger partial charge in [0.25, 0.3) is 5.56 Å². The Kier molecular flexibility index (Phi) is 3.36. The van der Waals surface area contributed by atoms with Crippen LogP contribution in [0.2, 0.25) is 0 Å². The summed E-state index contributed by atoms with van der Waals surface area (Å²) >= 11 is 6.83. The van der Waals surface area contributed by atoms with E-state index in [4.69, 9.17) is 0 Å². The van der Waals surface area contributed by atoms with Gasteiger partial charge in [0.2, 0.25) is 0 Å². The molecule has 4 heteroatoms. The number of rotatable bonds is 3. The van der Waals surface area contributed by atoms with Crippen molar-refractivity contribution in [3.8, 4) is 0 Å². The minimum Gasteiger partial charge on any atom is -0.314 e. The predicted octanol–water partition coefficient (Wildman–Crippen LogP) is 3.18. The van der Waals surface area contributed by atoms with Crippen LogP contribution in [0.4, 0.5) is 0 Å². The highest BCUT2D eigenvalue weighted by Crippen LogP contribution is 2.43. The topological polar surface area (TPSA) is 22.0 Å². The molecule has 1 saturated carbocycles. The number of hydrogen-bond acceptors (Lipinski definition) is 1. The molecule has 15 heavy (non-hydrogen) atoms. The maximum absolute atomic E-state index is 11.8. The van der Waals surface area contributed by atoms with Crippen LogP contribution in [-0.2, 0) is 6.54 Å². The molecule has 2 nitrogen and oxygen atoms in total. The van der Waals surface area contributed by atoms with E-state index in [1.807, 2.05) is 16.8 Å². The molecule has 82 valence electrons. The Hall–Kier alpha value is -0.0900. The number of alkyl halides is 1. The molecule has 0 saturated heterocycles. The third-order valence-corrected chi connectivity index (χ3v) is 4.97. The molecule has 1 aliphatic rings. The van der Waals surface area contributed by atoms with Gasteiger partial charge in [-0.15, -0.1) is 0 Å². The molecule has 0 aromatic carbocycles. The lowest BCUT2D eigenvalue weighted by Gasteiger charge is -2.40. The first kappa shape index (κ1) is 11.4. The van der Waals surface area contributed by atoms with Gasteiger partial charge in [0, 0.05) is 18.1 Å². The molecule has 0 N–H and O–H groups in total. The first-order chi connectivity index (χ1) is 7.17. The molecule has 0 bridgehead atoms. The van der Waals surface area contributed by atoms with Crippen LogP contribution in [0.5, 0.6) is 0 Å². The zero-order valence-electron chi connectivity index (χ0n) is 8.38. The molecular formula is C11H13Br2NO. The summed E-state index contributed by atoms with van der Waals surface area (Å²) in [5, 5.41) is 0.985. The molecule has 1 fully saturated rings. The first-order valence-corrected chi connectivity index (χ1v) is 6.99. The Morgan fingerprint density at radius 1 is 1.47 bits per heavy atom. The van der Waals surface area contributed by atoms with E-state index in [0.29, 0.717) is 9.89 Å². The monoisotopic (exact) mass is 333 g/mol. The zero-order valence-corrected chi connectivity index (χ0v) is 11.6. The van der Waals surface area contributed by atoms with Crippen molar-refractivity contribution in [1.29, 1.82) is 0 Å². The van der Waals surface area contributed by atoms with Crippen LogP contribution in [0.15, 0.2) is 27.6 Å². The van der Waals surface area contributed by atoms with E-state index in [0.717, 1.165) is 11.9 Å². The largest absolute Gasteiger partial charge is 0.314 e. The van der Waals surface area contributed by atoms with Crippen molar-refractivity contribution in [2.24, 2.45) is 5.41 Å². The van der Waals surface area contributed by atoms with Crippen LogP contribution in [-0.4, -0.2) is 9.90 Å². The molecule has 0 unspecified atom stereocenters. The van der Waals surface area contributed by atoms with E-state index >= 15 is 0 Å². The number of halogens is 2. The molecule has 1 aromatic rings. The Labute approximate surface area is 106 Å². The summed E-state index contributed by atoms with van der Waals surface area (Å²) in [6, 6.07) is 3.70. The highest BCUT2D eigenvalue weighted by Gasteiger charge is 2.36. The highest BCUT2D eigenvalue weighted by atomic mass is 79.9. The maximum atomic E-state index is 11.8. The summed E-state index contributed by atoms with van der Waals surface area (Å²) in [5.74, 6) is 0. The molecule has 2 rings (SSSR count). The molecule has 0 aliphatic heterocycles. The van der Waals surface area contributed by atoms with E-state index in [1.165, 1.54) is 19.3 Å². The van der Waals surface area contributed by atoms with Gasteiger partial charge >= 0.3 is 0 Å². The lowest BCUT2D eigenvalue weighted by atomic mass is 9.70. The van der Waals surface area contributed by atoms with Crippen molar-refractivity contribution in [2.75, 3.05) is 5.33 Å². The first-order valence-electron chi connectivity index (χ1n) is 5.08. The van der Waals surface area contributed by atoms with E-state index < -0.39 is 0 Å². The number of hydrogen-bond donors (Lipinski definition) is 0. The summed E-state index contributed by atoms with van der Waals surface area (Å²) in [4.78, 5) is 11.8. The Balaban J connectivity index is 2.24. The number of nitrogens with zero attached hydrogens (tertiary/aromatic N) is 1. The van der Waals surface area contributed by atoms with Crippen molar-refractivity contribution in [3.63, 3.8) is 0 Å². The molecule has 1 aliphatic carbocycles. The van der Waals surface area contributed by atoms with E-state index in [9.17, 15) is 4.79 Å². The molecule has 1 heterocycles. The van der Waals surface area contributed by atoms with E-state index in [-0.39, 0.29) is 5.56 Å². The Morgan fingerprint density at radius 2 is 2.20 bits per heavy atom. The standard InChI is InChI=1S/C11H13Br2NO/c12-7-11(4-2-5-11)8-14-6-1-3-9(13)10(14)15/h1,3,6H,2,4-5,7-8H2. The van der Waals surface area contributed by atoms with Crippen LogP contribution in [0.1, 0.15) is 19.3 Å². The van der Waals surface area contributed by atoms with Gasteiger partial charge in [-0.3, -0.25) is 4.79 Å². The van der Waals surface area contributed by atoms with Crippen molar-refractivity contribution in [3.05, 3.63) is 33.2 Å². The van der Waals surface area contributed by atoms with Crippen molar-refractivity contribution < 1.29 is 0 Å². The summed E-state index contributed by atoms with van der Waals surface area (Å²) < 4.78 is 2.46. The van der Waals surface area contributed by atoms with Gasteiger partial charge < -0.3 is 4.57 Å². The smallest absolute Gasteiger partial charge is 0.264 e. The summed E-state index contributed by atoms with van der Waals surface area (Å²) in [7, 11) is 0. The van der Waals surface area contributed by atoms with Gasteiger partial charge in [0.05, 0.1) is 4.47 Å². The Bertz CT molecular complexity index is 404. The normalized spacial score (nSPS) is 18.5. The third-order valence-electron chi connectivity index (χ3n) is 3.18. The summed E-state index contributed by atoms with van der Waals surface area (Å²) in [5.41, 5.74) is 0.384. The SMILES string of the molecule is O=c1c(Br)cccn1CC1(CBr)CCC1. The van der Waals surface area contributed by atoms with Crippen LogP contribution in [0.25, 0.3) is 0 Å². The van der Waals surface area contributed by atoms with Gasteiger partial charge in [-0.05, 0) is 46.3 Å². The van der Waals surface area contributed by atoms with Crippen LogP contribution in [0.3, 0.4) is 0 Å². The molecular weight excluding hydrogens is 322 g/mol. The van der Waals surface area contributed by atoms with Crippen molar-refractivity contribution in [1.82, 2.24) is 4.57 Å². The van der Waals surface area contributed by atoms with Crippen molar-refractivity contribution >= 4 is 31.9 Å². The summed E-state index contributed by atoms with van der Waals surface area (Å²) in [6.45, 7) is 0.830. The average molecular weight is 335 g/mol.